The predicted octanol–water partition coefficient (Wildman–Crippen LogP) is 3.90. The maximum atomic E-state index is 12.9. The Hall–Kier alpha value is -2.66. The third kappa shape index (κ3) is 4.35. The zero-order chi connectivity index (χ0) is 20.2. The minimum absolute atomic E-state index is 0.0218. The Morgan fingerprint density at radius 3 is 2.66 bits per heavy atom. The van der Waals surface area contributed by atoms with Crippen LogP contribution in [0.25, 0.3) is 6.08 Å². The number of halogens is 1. The number of nitrogens with zero attached hydrogens (tertiary/aromatic N) is 3. The molecule has 1 aromatic carbocycles. The van der Waals surface area contributed by atoms with Crippen molar-refractivity contribution in [3.8, 4) is 0 Å². The smallest absolute Gasteiger partial charge is 0.253 e. The molecule has 2 amide bonds. The molecule has 0 spiro atoms. The third-order valence-corrected chi connectivity index (χ3v) is 6.22. The van der Waals surface area contributed by atoms with Crippen LogP contribution in [0.3, 0.4) is 0 Å². The highest BCUT2D eigenvalue weighted by Gasteiger charge is 2.38. The number of aromatic nitrogens is 1. The van der Waals surface area contributed by atoms with E-state index in [1.54, 1.807) is 36.7 Å². The number of benzene rings is 1. The number of pyridine rings is 1. The summed E-state index contributed by atoms with van der Waals surface area (Å²) < 4.78 is 0. The summed E-state index contributed by atoms with van der Waals surface area (Å²) in [5, 5.41) is 0.635. The topological polar surface area (TPSA) is 53.5 Å². The molecule has 0 bridgehead atoms. The predicted molar refractivity (Wildman–Crippen MR) is 113 cm³/mol. The van der Waals surface area contributed by atoms with Crippen molar-refractivity contribution < 1.29 is 9.59 Å². The second kappa shape index (κ2) is 8.78. The van der Waals surface area contributed by atoms with Gasteiger partial charge in [0.05, 0.1) is 0 Å². The quantitative estimate of drug-likeness (QED) is 0.722. The highest BCUT2D eigenvalue weighted by atomic mass is 35.5. The zero-order valence-electron chi connectivity index (χ0n) is 16.2. The number of piperidine rings is 2. The van der Waals surface area contributed by atoms with Crippen molar-refractivity contribution in [2.24, 2.45) is 5.92 Å². The highest BCUT2D eigenvalue weighted by molar-refractivity contribution is 6.32. The van der Waals surface area contributed by atoms with E-state index in [0.29, 0.717) is 29.6 Å². The molecule has 0 saturated carbocycles. The first-order valence-electron chi connectivity index (χ1n) is 10.1. The minimum Gasteiger partial charge on any atom is -0.338 e. The van der Waals surface area contributed by atoms with E-state index in [9.17, 15) is 9.59 Å². The fourth-order valence-corrected chi connectivity index (χ4v) is 4.60. The minimum atomic E-state index is 0.0218. The number of carbonyl (C=O) groups is 2. The van der Waals surface area contributed by atoms with E-state index in [-0.39, 0.29) is 17.9 Å². The summed E-state index contributed by atoms with van der Waals surface area (Å²) in [6.07, 6.45) is 9.52. The first-order chi connectivity index (χ1) is 14.1. The summed E-state index contributed by atoms with van der Waals surface area (Å²) in [6, 6.07) is 11.2. The van der Waals surface area contributed by atoms with E-state index in [4.69, 9.17) is 11.6 Å². The van der Waals surface area contributed by atoms with Crippen molar-refractivity contribution in [1.29, 1.82) is 0 Å². The van der Waals surface area contributed by atoms with Gasteiger partial charge in [0.2, 0.25) is 5.91 Å². The molecule has 2 aliphatic heterocycles. The molecule has 2 saturated heterocycles. The van der Waals surface area contributed by atoms with Gasteiger partial charge in [0, 0.05) is 54.7 Å². The van der Waals surface area contributed by atoms with Gasteiger partial charge >= 0.3 is 0 Å². The van der Waals surface area contributed by atoms with Crippen LogP contribution < -0.4 is 0 Å². The maximum Gasteiger partial charge on any atom is 0.253 e. The molecule has 6 heteroatoms. The molecule has 0 aliphatic carbocycles. The lowest BCUT2D eigenvalue weighted by Crippen LogP contribution is -2.56. The Bertz CT molecular complexity index is 915. The Morgan fingerprint density at radius 1 is 1.07 bits per heavy atom. The van der Waals surface area contributed by atoms with Gasteiger partial charge in [-0.15, -0.1) is 0 Å². The number of carbonyl (C=O) groups excluding carboxylic acids is 2. The van der Waals surface area contributed by atoms with Crippen LogP contribution in [0.2, 0.25) is 5.02 Å². The van der Waals surface area contributed by atoms with Crippen LogP contribution in [0.4, 0.5) is 0 Å². The molecule has 4 rings (SSSR count). The lowest BCUT2D eigenvalue weighted by atomic mass is 9.83. The number of rotatable bonds is 3. The summed E-state index contributed by atoms with van der Waals surface area (Å²) in [5.41, 5.74) is 1.51. The average Bonchev–Trinajstić information content (AvgIpc) is 2.77. The van der Waals surface area contributed by atoms with E-state index in [2.05, 4.69) is 4.98 Å². The molecule has 1 aromatic heterocycles. The monoisotopic (exact) mass is 409 g/mol. The molecule has 150 valence electrons. The second-order valence-corrected chi connectivity index (χ2v) is 8.04. The maximum absolute atomic E-state index is 12.9. The van der Waals surface area contributed by atoms with Crippen molar-refractivity contribution in [3.63, 3.8) is 0 Å². The van der Waals surface area contributed by atoms with Gasteiger partial charge in [-0.3, -0.25) is 14.6 Å². The van der Waals surface area contributed by atoms with E-state index in [1.807, 2.05) is 34.1 Å². The molecule has 3 heterocycles. The normalized spacial score (nSPS) is 21.8. The standard InChI is InChI=1S/C23H24ClN3O2/c24-20-6-2-1-4-17(20)7-8-22(28)27-14-3-5-19-16-26(15-11-21(19)27)23(29)18-9-12-25-13-10-18/h1-2,4,6-10,12-13,19,21H,3,5,11,14-16H2/t19-,21-/m1/s1. The van der Waals surface area contributed by atoms with Gasteiger partial charge in [0.25, 0.3) is 5.91 Å². The lowest BCUT2D eigenvalue weighted by Gasteiger charge is -2.47. The molecule has 29 heavy (non-hydrogen) atoms. The Morgan fingerprint density at radius 2 is 1.86 bits per heavy atom. The molecular formula is C23H24ClN3O2. The van der Waals surface area contributed by atoms with E-state index < -0.39 is 0 Å². The molecule has 2 aromatic rings. The van der Waals surface area contributed by atoms with Crippen LogP contribution in [0.1, 0.15) is 35.2 Å². The summed E-state index contributed by atoms with van der Waals surface area (Å²) in [7, 11) is 0. The largest absolute Gasteiger partial charge is 0.338 e. The van der Waals surface area contributed by atoms with Crippen LogP contribution >= 0.6 is 11.6 Å². The highest BCUT2D eigenvalue weighted by Crippen LogP contribution is 2.31. The average molecular weight is 410 g/mol. The second-order valence-electron chi connectivity index (χ2n) is 7.63. The van der Waals surface area contributed by atoms with Crippen LogP contribution in [0, 0.1) is 5.92 Å². The van der Waals surface area contributed by atoms with Gasteiger partial charge in [-0.05, 0) is 55.0 Å². The van der Waals surface area contributed by atoms with Crippen molar-refractivity contribution >= 4 is 29.5 Å². The van der Waals surface area contributed by atoms with Crippen LogP contribution in [0.5, 0.6) is 0 Å². The Labute approximate surface area is 176 Å². The molecule has 5 nitrogen and oxygen atoms in total. The van der Waals surface area contributed by atoms with Gasteiger partial charge in [-0.1, -0.05) is 29.8 Å². The molecule has 0 radical (unpaired) electrons. The van der Waals surface area contributed by atoms with Gasteiger partial charge in [-0.2, -0.15) is 0 Å². The molecule has 0 unspecified atom stereocenters. The Kier molecular flexibility index (Phi) is 5.95. The molecule has 0 N–H and O–H groups in total. The molecule has 2 atom stereocenters. The fourth-order valence-electron chi connectivity index (χ4n) is 4.41. The van der Waals surface area contributed by atoms with Crippen molar-refractivity contribution in [3.05, 3.63) is 71.0 Å². The first-order valence-corrected chi connectivity index (χ1v) is 10.4. The van der Waals surface area contributed by atoms with Crippen molar-refractivity contribution in [2.45, 2.75) is 25.3 Å². The molecular weight excluding hydrogens is 386 g/mol. The molecule has 2 aliphatic rings. The fraction of sp³-hybridized carbons (Fsp3) is 0.348. The summed E-state index contributed by atoms with van der Waals surface area (Å²) in [4.78, 5) is 33.5. The summed E-state index contributed by atoms with van der Waals surface area (Å²) in [6.45, 7) is 2.13. The van der Waals surface area contributed by atoms with Crippen LogP contribution in [0.15, 0.2) is 54.9 Å². The van der Waals surface area contributed by atoms with Crippen molar-refractivity contribution in [1.82, 2.24) is 14.8 Å². The van der Waals surface area contributed by atoms with E-state index in [1.165, 1.54) is 0 Å². The van der Waals surface area contributed by atoms with E-state index >= 15 is 0 Å². The number of hydrogen-bond donors (Lipinski definition) is 0. The van der Waals surface area contributed by atoms with Crippen molar-refractivity contribution in [2.75, 3.05) is 19.6 Å². The van der Waals surface area contributed by atoms with Crippen LogP contribution in [-0.4, -0.2) is 52.3 Å². The number of hydrogen-bond acceptors (Lipinski definition) is 3. The first kappa shape index (κ1) is 19.6. The zero-order valence-corrected chi connectivity index (χ0v) is 17.0. The van der Waals surface area contributed by atoms with Gasteiger partial charge in [0.1, 0.15) is 0 Å². The molecule has 2 fully saturated rings. The number of likely N-dealkylation sites (tertiary alicyclic amines) is 2. The van der Waals surface area contributed by atoms with Gasteiger partial charge < -0.3 is 9.80 Å². The number of amides is 2. The lowest BCUT2D eigenvalue weighted by molar-refractivity contribution is -0.132. The third-order valence-electron chi connectivity index (χ3n) is 5.88. The van der Waals surface area contributed by atoms with E-state index in [0.717, 1.165) is 31.4 Å². The number of fused-ring (bicyclic) bond motifs is 1. The summed E-state index contributed by atoms with van der Waals surface area (Å²) >= 11 is 6.18. The van der Waals surface area contributed by atoms with Crippen LogP contribution in [-0.2, 0) is 4.79 Å². The summed E-state index contributed by atoms with van der Waals surface area (Å²) in [5.74, 6) is 0.391. The van der Waals surface area contributed by atoms with Gasteiger partial charge in [0.15, 0.2) is 0 Å². The SMILES string of the molecule is O=C(c1ccncc1)N1CC[C@@H]2[C@H](CCCN2C(=O)C=Cc2ccccc2Cl)C1. The Balaban J connectivity index is 1.43. The van der Waals surface area contributed by atoms with Gasteiger partial charge in [-0.25, -0.2) is 0 Å².